The minimum atomic E-state index is 1.23. The molecule has 1 nitrogen and oxygen atoms in total. The zero-order valence-electron chi connectivity index (χ0n) is 10.4. The summed E-state index contributed by atoms with van der Waals surface area (Å²) in [5, 5.41) is 4.06. The van der Waals surface area contributed by atoms with Crippen molar-refractivity contribution >= 4 is 43.2 Å². The van der Waals surface area contributed by atoms with Crippen LogP contribution in [-0.2, 0) is 0 Å². The van der Waals surface area contributed by atoms with Crippen LogP contribution in [0.15, 0.2) is 36.4 Å². The Hall–Kier alpha value is -1.80. The van der Waals surface area contributed by atoms with Gasteiger partial charge in [-0.25, -0.2) is 0 Å². The molecule has 2 heteroatoms. The van der Waals surface area contributed by atoms with Crippen LogP contribution in [-0.4, -0.2) is 4.98 Å². The first-order valence-electron chi connectivity index (χ1n) is 6.14. The SMILES string of the molecule is Cc1cc2cc(C)c3c4ccccc4[nH]c3c2s1. The quantitative estimate of drug-likeness (QED) is 0.444. The van der Waals surface area contributed by atoms with Gasteiger partial charge in [0.15, 0.2) is 0 Å². The number of nitrogens with one attached hydrogen (secondary N) is 1. The maximum atomic E-state index is 3.59. The fourth-order valence-corrected chi connectivity index (χ4v) is 3.86. The Morgan fingerprint density at radius 3 is 2.78 bits per heavy atom. The Labute approximate surface area is 109 Å². The topological polar surface area (TPSA) is 15.8 Å². The van der Waals surface area contributed by atoms with E-state index in [-0.39, 0.29) is 0 Å². The molecule has 0 saturated carbocycles. The summed E-state index contributed by atoms with van der Waals surface area (Å²) in [5.41, 5.74) is 3.88. The molecule has 0 aliphatic rings. The smallest absolute Gasteiger partial charge is 0.0648 e. The average Bonchev–Trinajstić information content (AvgIpc) is 2.89. The third kappa shape index (κ3) is 1.21. The third-order valence-corrected chi connectivity index (χ3v) is 4.67. The summed E-state index contributed by atoms with van der Waals surface area (Å²) >= 11 is 1.87. The second-order valence-corrected chi connectivity index (χ2v) is 6.15. The van der Waals surface area contributed by atoms with Crippen LogP contribution >= 0.6 is 11.3 Å². The van der Waals surface area contributed by atoms with E-state index in [1.807, 2.05) is 11.3 Å². The maximum absolute atomic E-state index is 3.59. The lowest BCUT2D eigenvalue weighted by molar-refractivity contribution is 1.54. The zero-order valence-corrected chi connectivity index (χ0v) is 11.2. The normalized spacial score (nSPS) is 11.9. The molecule has 2 aromatic heterocycles. The summed E-state index contributed by atoms with van der Waals surface area (Å²) in [4.78, 5) is 4.96. The van der Waals surface area contributed by atoms with Gasteiger partial charge in [-0.15, -0.1) is 11.3 Å². The molecule has 0 amide bonds. The molecular formula is C16H13NS. The van der Waals surface area contributed by atoms with E-state index in [1.165, 1.54) is 42.3 Å². The van der Waals surface area contributed by atoms with E-state index >= 15 is 0 Å². The molecule has 4 aromatic rings. The fourth-order valence-electron chi connectivity index (χ4n) is 2.86. The summed E-state index contributed by atoms with van der Waals surface area (Å²) in [6, 6.07) is 13.1. The number of aromatic nitrogens is 1. The molecule has 0 fully saturated rings. The van der Waals surface area contributed by atoms with Gasteiger partial charge in [0.25, 0.3) is 0 Å². The van der Waals surface area contributed by atoms with Gasteiger partial charge in [0.05, 0.1) is 10.2 Å². The summed E-state index contributed by atoms with van der Waals surface area (Å²) in [6.07, 6.45) is 0. The van der Waals surface area contributed by atoms with Crippen LogP contribution < -0.4 is 0 Å². The molecule has 18 heavy (non-hydrogen) atoms. The highest BCUT2D eigenvalue weighted by Gasteiger charge is 2.11. The molecule has 2 heterocycles. The van der Waals surface area contributed by atoms with Crippen molar-refractivity contribution in [1.82, 2.24) is 4.98 Å². The van der Waals surface area contributed by atoms with E-state index in [9.17, 15) is 0 Å². The number of hydrogen-bond donors (Lipinski definition) is 1. The van der Waals surface area contributed by atoms with Crippen LogP contribution in [0.25, 0.3) is 31.9 Å². The Morgan fingerprint density at radius 2 is 1.89 bits per heavy atom. The van der Waals surface area contributed by atoms with Gasteiger partial charge >= 0.3 is 0 Å². The summed E-state index contributed by atoms with van der Waals surface area (Å²) < 4.78 is 1.38. The number of rotatable bonds is 0. The molecule has 0 spiro atoms. The highest BCUT2D eigenvalue weighted by molar-refractivity contribution is 7.20. The van der Waals surface area contributed by atoms with E-state index in [0.29, 0.717) is 0 Å². The van der Waals surface area contributed by atoms with Crippen LogP contribution in [0.5, 0.6) is 0 Å². The van der Waals surface area contributed by atoms with Crippen LogP contribution in [0.1, 0.15) is 10.4 Å². The Bertz CT molecular complexity index is 896. The van der Waals surface area contributed by atoms with Crippen LogP contribution in [0, 0.1) is 13.8 Å². The molecule has 0 atom stereocenters. The van der Waals surface area contributed by atoms with Gasteiger partial charge in [-0.3, -0.25) is 0 Å². The lowest BCUT2D eigenvalue weighted by atomic mass is 10.1. The van der Waals surface area contributed by atoms with Crippen molar-refractivity contribution < 1.29 is 0 Å². The summed E-state index contributed by atoms with van der Waals surface area (Å²) in [7, 11) is 0. The summed E-state index contributed by atoms with van der Waals surface area (Å²) in [6.45, 7) is 4.38. The molecule has 0 aliphatic carbocycles. The van der Waals surface area contributed by atoms with Crippen molar-refractivity contribution in [1.29, 1.82) is 0 Å². The van der Waals surface area contributed by atoms with Gasteiger partial charge in [-0.1, -0.05) is 18.2 Å². The number of benzene rings is 2. The number of H-pyrrole nitrogens is 1. The van der Waals surface area contributed by atoms with Crippen molar-refractivity contribution in [3.05, 3.63) is 46.8 Å². The van der Waals surface area contributed by atoms with Crippen molar-refractivity contribution in [3.8, 4) is 0 Å². The molecule has 0 radical (unpaired) electrons. The minimum absolute atomic E-state index is 1.23. The lowest BCUT2D eigenvalue weighted by Gasteiger charge is -1.98. The van der Waals surface area contributed by atoms with Gasteiger partial charge < -0.3 is 4.98 Å². The number of thiophene rings is 1. The van der Waals surface area contributed by atoms with E-state index < -0.39 is 0 Å². The molecular weight excluding hydrogens is 238 g/mol. The monoisotopic (exact) mass is 251 g/mol. The number of aryl methyl sites for hydroxylation is 2. The van der Waals surface area contributed by atoms with Gasteiger partial charge in [0, 0.05) is 21.2 Å². The standard InChI is InChI=1S/C16H13NS/c1-9-7-11-8-10(2)18-16(11)15-14(9)12-5-3-4-6-13(12)17-15/h3-8,17H,1-2H3. The first-order chi connectivity index (χ1) is 8.74. The largest absolute Gasteiger partial charge is 0.353 e. The molecule has 0 bridgehead atoms. The number of fused-ring (bicyclic) bond motifs is 5. The van der Waals surface area contributed by atoms with Gasteiger partial charge in [-0.2, -0.15) is 0 Å². The molecule has 4 rings (SSSR count). The van der Waals surface area contributed by atoms with E-state index in [4.69, 9.17) is 0 Å². The van der Waals surface area contributed by atoms with E-state index in [0.717, 1.165) is 0 Å². The highest BCUT2D eigenvalue weighted by Crippen LogP contribution is 2.37. The molecule has 1 N–H and O–H groups in total. The van der Waals surface area contributed by atoms with Gasteiger partial charge in [0.2, 0.25) is 0 Å². The van der Waals surface area contributed by atoms with Crippen LogP contribution in [0.2, 0.25) is 0 Å². The Balaban J connectivity index is 2.37. The first-order valence-corrected chi connectivity index (χ1v) is 6.96. The molecule has 2 aromatic carbocycles. The Morgan fingerprint density at radius 1 is 1.06 bits per heavy atom. The molecule has 0 saturated heterocycles. The molecule has 0 aliphatic heterocycles. The Kier molecular flexibility index (Phi) is 1.90. The lowest BCUT2D eigenvalue weighted by Crippen LogP contribution is -1.75. The zero-order chi connectivity index (χ0) is 12.3. The molecule has 88 valence electrons. The first kappa shape index (κ1) is 10.2. The molecule has 0 unspecified atom stereocenters. The van der Waals surface area contributed by atoms with Crippen LogP contribution in [0.4, 0.5) is 0 Å². The average molecular weight is 251 g/mol. The van der Waals surface area contributed by atoms with Crippen LogP contribution in [0.3, 0.4) is 0 Å². The maximum Gasteiger partial charge on any atom is 0.0648 e. The highest BCUT2D eigenvalue weighted by atomic mass is 32.1. The van der Waals surface area contributed by atoms with Gasteiger partial charge in [0.1, 0.15) is 0 Å². The minimum Gasteiger partial charge on any atom is -0.353 e. The predicted octanol–water partition coefficient (Wildman–Crippen LogP) is 5.15. The van der Waals surface area contributed by atoms with Crippen molar-refractivity contribution in [3.63, 3.8) is 0 Å². The van der Waals surface area contributed by atoms with E-state index in [1.54, 1.807) is 0 Å². The van der Waals surface area contributed by atoms with Crippen molar-refractivity contribution in [2.75, 3.05) is 0 Å². The number of hydrogen-bond acceptors (Lipinski definition) is 1. The fraction of sp³-hybridized carbons (Fsp3) is 0.125. The second kappa shape index (κ2) is 3.36. The van der Waals surface area contributed by atoms with E-state index in [2.05, 4.69) is 55.2 Å². The summed E-state index contributed by atoms with van der Waals surface area (Å²) in [5.74, 6) is 0. The van der Waals surface area contributed by atoms with Crippen molar-refractivity contribution in [2.24, 2.45) is 0 Å². The van der Waals surface area contributed by atoms with Crippen molar-refractivity contribution in [2.45, 2.75) is 13.8 Å². The number of aromatic amines is 1. The second-order valence-electron chi connectivity index (χ2n) is 4.89. The predicted molar refractivity (Wildman–Crippen MR) is 80.7 cm³/mol. The third-order valence-electron chi connectivity index (χ3n) is 3.58. The number of para-hydroxylation sites is 1. The van der Waals surface area contributed by atoms with Gasteiger partial charge in [-0.05, 0) is 43.0 Å².